The molecule has 3 heterocycles. The van der Waals surface area contributed by atoms with Crippen molar-refractivity contribution in [2.45, 2.75) is 238 Å². The van der Waals surface area contributed by atoms with Crippen LogP contribution < -0.4 is 0 Å². The van der Waals surface area contributed by atoms with Crippen LogP contribution in [0.2, 0.25) is 0 Å². The third-order valence-electron chi connectivity index (χ3n) is 21.4. The standard InChI is InChI=1S/C57H90O22/c1-12-25(3)47(70)78-44-45(79-48(71)26(4)13-2)57(24-60)28(20-52(44,5)6)27-14-15-32-54(9)18-17-34(53(7,8)31(54)16-19-55(32,10)56(27,11)21-33(57)61)74-51-43(77-50-39(66)37(64)35(62)29(22-58)72-50)41(40(67)42(76-51)46(68)69)75-49-38(65)36(63)30(23-59)73-49/h12,16,26-30,32-45,49-51,58-67H,13-15,17-24H2,1-11H3,(H,68,69)/b25-12-/t26?,27-,28+,29-,30+,32-,33-,34?,35+,36+,37+,38-,39-,40-,41+,42+,43-,44+,45+,49-,50+,51-,54+,55-,56-,57+/m1/s1. The maximum absolute atomic E-state index is 13.9. The molecule has 0 aromatic heterocycles. The van der Waals surface area contributed by atoms with Crippen molar-refractivity contribution in [3.05, 3.63) is 23.3 Å². The molecule has 5 aliphatic carbocycles. The summed E-state index contributed by atoms with van der Waals surface area (Å²) in [5, 5.41) is 121. The van der Waals surface area contributed by atoms with E-state index in [0.717, 1.165) is 12.0 Å². The van der Waals surface area contributed by atoms with E-state index in [1.165, 1.54) is 0 Å². The van der Waals surface area contributed by atoms with Gasteiger partial charge in [-0.1, -0.05) is 80.0 Å². The molecule has 22 heteroatoms. The molecule has 0 spiro atoms. The summed E-state index contributed by atoms with van der Waals surface area (Å²) in [6.45, 7) is 19.8. The molecule has 8 aliphatic rings. The molecule has 0 aromatic carbocycles. The van der Waals surface area contributed by atoms with Gasteiger partial charge in [0.05, 0.1) is 43.4 Å². The summed E-state index contributed by atoms with van der Waals surface area (Å²) in [4.78, 5) is 40.4. The Bertz CT molecular complexity index is 2290. The summed E-state index contributed by atoms with van der Waals surface area (Å²) in [5.41, 5.74) is -2.98. The molecule has 0 amide bonds. The minimum Gasteiger partial charge on any atom is -0.479 e. The fourth-order valence-corrected chi connectivity index (χ4v) is 16.3. The molecule has 2 unspecified atom stereocenters. The summed E-state index contributed by atoms with van der Waals surface area (Å²) in [7, 11) is 0. The molecule has 4 saturated carbocycles. The van der Waals surface area contributed by atoms with Gasteiger partial charge in [0.1, 0.15) is 73.2 Å². The van der Waals surface area contributed by atoms with Crippen LogP contribution in [0.3, 0.4) is 0 Å². The number of carboxylic acid groups (broad SMARTS) is 1. The molecule has 26 atom stereocenters. The van der Waals surface area contributed by atoms with Crippen molar-refractivity contribution >= 4 is 17.9 Å². The first kappa shape index (κ1) is 62.3. The molecule has 3 saturated heterocycles. The quantitative estimate of drug-likeness (QED) is 0.0627. The average molecular weight is 1130 g/mol. The van der Waals surface area contributed by atoms with Gasteiger partial charge in [0.25, 0.3) is 0 Å². The first-order valence-electron chi connectivity index (χ1n) is 28.4. The number of aliphatic hydroxyl groups excluding tert-OH is 10. The minimum absolute atomic E-state index is 0.0388. The van der Waals surface area contributed by atoms with Crippen LogP contribution in [-0.4, -0.2) is 204 Å². The highest BCUT2D eigenvalue weighted by atomic mass is 16.8. The second-order valence-corrected chi connectivity index (χ2v) is 26.3. The predicted molar refractivity (Wildman–Crippen MR) is 275 cm³/mol. The van der Waals surface area contributed by atoms with Gasteiger partial charge in [-0.2, -0.15) is 0 Å². The van der Waals surface area contributed by atoms with Crippen LogP contribution in [0.1, 0.15) is 128 Å². The summed E-state index contributed by atoms with van der Waals surface area (Å²) >= 11 is 0. The van der Waals surface area contributed by atoms with Gasteiger partial charge in [-0.15, -0.1) is 0 Å². The van der Waals surface area contributed by atoms with Crippen molar-refractivity contribution in [1.82, 2.24) is 0 Å². The van der Waals surface area contributed by atoms with Crippen molar-refractivity contribution in [3.63, 3.8) is 0 Å². The van der Waals surface area contributed by atoms with Crippen LogP contribution in [0.5, 0.6) is 0 Å². The highest BCUT2D eigenvalue weighted by Gasteiger charge is 2.75. The van der Waals surface area contributed by atoms with E-state index >= 15 is 0 Å². The summed E-state index contributed by atoms with van der Waals surface area (Å²) < 4.78 is 49.3. The van der Waals surface area contributed by atoms with E-state index in [1.54, 1.807) is 26.8 Å². The Morgan fingerprint density at radius 2 is 1.30 bits per heavy atom. The lowest BCUT2D eigenvalue weighted by molar-refractivity contribution is -0.384. The summed E-state index contributed by atoms with van der Waals surface area (Å²) in [6.07, 6.45) is -21.1. The van der Waals surface area contributed by atoms with Gasteiger partial charge in [0.15, 0.2) is 25.0 Å². The number of carboxylic acids is 1. The zero-order valence-corrected chi connectivity index (χ0v) is 47.5. The molecule has 0 radical (unpaired) electrons. The molecule has 8 rings (SSSR count). The second kappa shape index (κ2) is 22.7. The average Bonchev–Trinajstić information content (AvgIpc) is 3.80. The van der Waals surface area contributed by atoms with Crippen LogP contribution in [0, 0.1) is 56.2 Å². The molecule has 3 aliphatic heterocycles. The Hall–Kier alpha value is -2.75. The monoisotopic (exact) mass is 1130 g/mol. The zero-order valence-electron chi connectivity index (χ0n) is 47.5. The van der Waals surface area contributed by atoms with Gasteiger partial charge < -0.3 is 94.1 Å². The third kappa shape index (κ3) is 10.1. The molecule has 7 fully saturated rings. The Morgan fingerprint density at radius 1 is 0.709 bits per heavy atom. The highest BCUT2D eigenvalue weighted by molar-refractivity contribution is 5.87. The van der Waals surface area contributed by atoms with E-state index in [0.29, 0.717) is 44.1 Å². The number of aliphatic hydroxyl groups is 10. The lowest BCUT2D eigenvalue weighted by Gasteiger charge is -2.73. The van der Waals surface area contributed by atoms with Crippen LogP contribution in [0.15, 0.2) is 23.3 Å². The Kier molecular flexibility index (Phi) is 17.9. The van der Waals surface area contributed by atoms with Crippen LogP contribution in [0.25, 0.3) is 0 Å². The van der Waals surface area contributed by atoms with E-state index in [-0.39, 0.29) is 24.2 Å². The first-order valence-corrected chi connectivity index (χ1v) is 28.4. The van der Waals surface area contributed by atoms with E-state index in [1.807, 2.05) is 34.6 Å². The molecule has 0 bridgehead atoms. The minimum atomic E-state index is -2.11. The number of hydrogen-bond donors (Lipinski definition) is 11. The highest BCUT2D eigenvalue weighted by Crippen LogP contribution is 2.76. The van der Waals surface area contributed by atoms with E-state index in [2.05, 4.69) is 26.8 Å². The van der Waals surface area contributed by atoms with Gasteiger partial charge in [-0.05, 0) is 99.2 Å². The number of rotatable bonds is 15. The van der Waals surface area contributed by atoms with Crippen LogP contribution in [0.4, 0.5) is 0 Å². The SMILES string of the molecule is C/C=C(/C)C(=O)O[C@H]1[C@H](OC(=O)C(C)CC)[C@]2(CO)[C@H](O)C[C@]3(C)[C@H](CC[C@@H]4[C@@]5(C)CCC(O[C@@H]6O[C@H](C(=O)O)[C@H](O)[C@H](O[C@H]7O[C@@H](CO)[C@H](O)[C@H]7O)[C@H]6O[C@@H]6O[C@H](CO)[C@H](O)[C@H](O)[C@H]6O)C(C)(C)C5=CC[C@]43C)[C@@H]2CC1(C)C. The lowest BCUT2D eigenvalue weighted by Crippen LogP contribution is -2.74. The molecule has 22 nitrogen and oxygen atoms in total. The maximum Gasteiger partial charge on any atom is 0.335 e. The predicted octanol–water partition coefficient (Wildman–Crippen LogP) is 1.37. The smallest absolute Gasteiger partial charge is 0.335 e. The zero-order chi connectivity index (χ0) is 58.4. The van der Waals surface area contributed by atoms with Gasteiger partial charge in [-0.3, -0.25) is 4.79 Å². The van der Waals surface area contributed by atoms with E-state index in [4.69, 9.17) is 37.9 Å². The van der Waals surface area contributed by atoms with Crippen molar-refractivity contribution in [3.8, 4) is 0 Å². The molecular weight excluding hydrogens is 1040 g/mol. The van der Waals surface area contributed by atoms with E-state index in [9.17, 15) is 70.6 Å². The van der Waals surface area contributed by atoms with Gasteiger partial charge in [0.2, 0.25) is 0 Å². The largest absolute Gasteiger partial charge is 0.479 e. The molecular formula is C57H90O22. The Balaban J connectivity index is 1.13. The molecule has 11 N–H and O–H groups in total. The lowest BCUT2D eigenvalue weighted by atomic mass is 9.32. The van der Waals surface area contributed by atoms with Gasteiger partial charge in [-0.25, -0.2) is 9.59 Å². The topological polar surface area (TPSA) is 348 Å². The Labute approximate surface area is 462 Å². The maximum atomic E-state index is 13.9. The molecule has 79 heavy (non-hydrogen) atoms. The van der Waals surface area contributed by atoms with E-state index < -0.39 is 187 Å². The summed E-state index contributed by atoms with van der Waals surface area (Å²) in [5.74, 6) is -3.58. The molecule has 450 valence electrons. The second-order valence-electron chi connectivity index (χ2n) is 26.3. The van der Waals surface area contributed by atoms with Crippen molar-refractivity contribution in [2.24, 2.45) is 56.2 Å². The van der Waals surface area contributed by atoms with Crippen molar-refractivity contribution in [1.29, 1.82) is 0 Å². The first-order chi connectivity index (χ1) is 36.9. The number of esters is 2. The Morgan fingerprint density at radius 3 is 1.87 bits per heavy atom. The van der Waals surface area contributed by atoms with Crippen molar-refractivity contribution in [2.75, 3.05) is 19.8 Å². The third-order valence-corrected chi connectivity index (χ3v) is 21.4. The van der Waals surface area contributed by atoms with Gasteiger partial charge >= 0.3 is 17.9 Å². The number of allylic oxidation sites excluding steroid dienone is 2. The fourth-order valence-electron chi connectivity index (χ4n) is 16.3. The number of carbonyl (C=O) groups excluding carboxylic acids is 2. The van der Waals surface area contributed by atoms with Gasteiger partial charge in [0, 0.05) is 16.4 Å². The van der Waals surface area contributed by atoms with Crippen LogP contribution in [-0.2, 0) is 52.3 Å². The van der Waals surface area contributed by atoms with Crippen LogP contribution >= 0.6 is 0 Å². The fraction of sp³-hybridized carbons (Fsp3) is 0.877. The number of hydrogen-bond acceptors (Lipinski definition) is 21. The number of ether oxygens (including phenoxy) is 8. The normalized spacial score (nSPS) is 48.7. The molecule has 0 aromatic rings. The van der Waals surface area contributed by atoms with Crippen molar-refractivity contribution < 1.29 is 108 Å². The number of fused-ring (bicyclic) bond motifs is 7. The summed E-state index contributed by atoms with van der Waals surface area (Å²) in [6, 6.07) is 0. The number of aliphatic carboxylic acids is 1. The number of carbonyl (C=O) groups is 3.